The minimum absolute atomic E-state index is 0.175. The lowest BCUT2D eigenvalue weighted by molar-refractivity contribution is -0.137. The molecule has 0 aliphatic carbocycles. The molecule has 1 atom stereocenters. The van der Waals surface area contributed by atoms with E-state index >= 15 is 0 Å². The second-order valence-corrected chi connectivity index (χ2v) is 6.55. The van der Waals surface area contributed by atoms with E-state index in [1.54, 1.807) is 4.90 Å². The van der Waals surface area contributed by atoms with Crippen LogP contribution in [0.1, 0.15) is 35.4 Å². The summed E-state index contributed by atoms with van der Waals surface area (Å²) in [5.41, 5.74) is 1.19. The van der Waals surface area contributed by atoms with Crippen LogP contribution in [0.3, 0.4) is 0 Å². The van der Waals surface area contributed by atoms with Gasteiger partial charge in [0.1, 0.15) is 0 Å². The summed E-state index contributed by atoms with van der Waals surface area (Å²) in [6.07, 6.45) is -2.36. The van der Waals surface area contributed by atoms with Crippen LogP contribution in [0, 0.1) is 0 Å². The van der Waals surface area contributed by atoms with Crippen molar-refractivity contribution >= 4 is 6.03 Å². The summed E-state index contributed by atoms with van der Waals surface area (Å²) in [4.78, 5) is 14.2. The van der Waals surface area contributed by atoms with Crippen molar-refractivity contribution in [3.63, 3.8) is 0 Å². The van der Waals surface area contributed by atoms with E-state index in [9.17, 15) is 18.0 Å². The van der Waals surface area contributed by atoms with Crippen molar-refractivity contribution in [1.82, 2.24) is 10.2 Å². The lowest BCUT2D eigenvalue weighted by atomic mass is 9.91. The average molecular weight is 362 g/mol. The number of piperidine rings is 1. The second-order valence-electron chi connectivity index (χ2n) is 6.55. The number of nitrogens with one attached hydrogen (secondary N) is 1. The SMILES string of the molecule is O=C(NCc1ccc(C(F)(F)F)cc1)N1CCCC(c2ccccc2)C1. The van der Waals surface area contributed by atoms with Crippen LogP contribution in [0.4, 0.5) is 18.0 Å². The van der Waals surface area contributed by atoms with Gasteiger partial charge in [-0.1, -0.05) is 42.5 Å². The van der Waals surface area contributed by atoms with Crippen LogP contribution < -0.4 is 5.32 Å². The highest BCUT2D eigenvalue weighted by Crippen LogP contribution is 2.29. The van der Waals surface area contributed by atoms with Gasteiger partial charge in [-0.15, -0.1) is 0 Å². The maximum atomic E-state index is 12.6. The number of likely N-dealkylation sites (tertiary alicyclic amines) is 1. The topological polar surface area (TPSA) is 32.3 Å². The van der Waals surface area contributed by atoms with Crippen molar-refractivity contribution < 1.29 is 18.0 Å². The Balaban J connectivity index is 1.54. The highest BCUT2D eigenvalue weighted by atomic mass is 19.4. The van der Waals surface area contributed by atoms with Gasteiger partial charge in [0.2, 0.25) is 0 Å². The molecule has 26 heavy (non-hydrogen) atoms. The fourth-order valence-electron chi connectivity index (χ4n) is 3.26. The van der Waals surface area contributed by atoms with Gasteiger partial charge in [0.25, 0.3) is 0 Å². The molecule has 1 aliphatic rings. The number of benzene rings is 2. The van der Waals surface area contributed by atoms with Gasteiger partial charge >= 0.3 is 12.2 Å². The van der Waals surface area contributed by atoms with Crippen molar-refractivity contribution in [3.05, 3.63) is 71.3 Å². The summed E-state index contributed by atoms with van der Waals surface area (Å²) >= 11 is 0. The standard InChI is InChI=1S/C20H21F3N2O/c21-20(22,23)18-10-8-15(9-11-18)13-24-19(26)25-12-4-7-17(14-25)16-5-2-1-3-6-16/h1-3,5-6,8-11,17H,4,7,12-14H2,(H,24,26). The summed E-state index contributed by atoms with van der Waals surface area (Å²) < 4.78 is 37.7. The van der Waals surface area contributed by atoms with E-state index in [0.717, 1.165) is 25.0 Å². The Morgan fingerprint density at radius 1 is 1.08 bits per heavy atom. The van der Waals surface area contributed by atoms with Gasteiger partial charge in [-0.05, 0) is 36.1 Å². The Bertz CT molecular complexity index is 729. The van der Waals surface area contributed by atoms with Crippen molar-refractivity contribution in [2.75, 3.05) is 13.1 Å². The molecule has 0 radical (unpaired) electrons. The van der Waals surface area contributed by atoms with E-state index in [1.807, 2.05) is 18.2 Å². The normalized spacial score (nSPS) is 17.8. The van der Waals surface area contributed by atoms with E-state index in [4.69, 9.17) is 0 Å². The van der Waals surface area contributed by atoms with Crippen molar-refractivity contribution in [1.29, 1.82) is 0 Å². The predicted molar refractivity (Wildman–Crippen MR) is 93.7 cm³/mol. The first-order valence-electron chi connectivity index (χ1n) is 8.67. The van der Waals surface area contributed by atoms with Gasteiger partial charge in [0.15, 0.2) is 0 Å². The predicted octanol–water partition coefficient (Wildman–Crippen LogP) is 4.79. The molecule has 2 aromatic rings. The molecule has 1 unspecified atom stereocenters. The zero-order valence-corrected chi connectivity index (χ0v) is 14.3. The van der Waals surface area contributed by atoms with Crippen molar-refractivity contribution in [2.24, 2.45) is 0 Å². The number of amides is 2. The van der Waals surface area contributed by atoms with E-state index in [-0.39, 0.29) is 12.6 Å². The third kappa shape index (κ3) is 4.56. The number of alkyl halides is 3. The molecule has 1 fully saturated rings. The molecule has 1 heterocycles. The fraction of sp³-hybridized carbons (Fsp3) is 0.350. The first-order chi connectivity index (χ1) is 12.4. The summed E-state index contributed by atoms with van der Waals surface area (Å²) in [6.45, 7) is 1.56. The molecule has 0 saturated carbocycles. The molecule has 1 N–H and O–H groups in total. The molecule has 138 valence electrons. The molecule has 2 amide bonds. The van der Waals surface area contributed by atoms with Crippen LogP contribution in [-0.2, 0) is 12.7 Å². The molecule has 3 nitrogen and oxygen atoms in total. The number of halogens is 3. The maximum Gasteiger partial charge on any atom is 0.416 e. The van der Waals surface area contributed by atoms with E-state index in [0.29, 0.717) is 24.6 Å². The van der Waals surface area contributed by atoms with Gasteiger partial charge in [0.05, 0.1) is 5.56 Å². The monoisotopic (exact) mass is 362 g/mol. The molecule has 0 bridgehead atoms. The van der Waals surface area contributed by atoms with E-state index in [2.05, 4.69) is 17.4 Å². The number of carbonyl (C=O) groups is 1. The maximum absolute atomic E-state index is 12.6. The van der Waals surface area contributed by atoms with Gasteiger partial charge in [-0.25, -0.2) is 4.79 Å². The number of carbonyl (C=O) groups excluding carboxylic acids is 1. The van der Waals surface area contributed by atoms with Gasteiger partial charge in [0, 0.05) is 25.6 Å². The zero-order valence-electron chi connectivity index (χ0n) is 14.3. The highest BCUT2D eigenvalue weighted by molar-refractivity contribution is 5.74. The van der Waals surface area contributed by atoms with Crippen LogP contribution in [0.5, 0.6) is 0 Å². The smallest absolute Gasteiger partial charge is 0.334 e. The number of hydrogen-bond acceptors (Lipinski definition) is 1. The van der Waals surface area contributed by atoms with Gasteiger partial charge in [-0.3, -0.25) is 0 Å². The molecular formula is C20H21F3N2O. The minimum atomic E-state index is -4.35. The second kappa shape index (κ2) is 7.81. The molecule has 6 heteroatoms. The summed E-state index contributed by atoms with van der Waals surface area (Å²) in [5, 5.41) is 2.80. The third-order valence-corrected chi connectivity index (χ3v) is 4.70. The molecular weight excluding hydrogens is 341 g/mol. The van der Waals surface area contributed by atoms with Crippen LogP contribution in [0.25, 0.3) is 0 Å². The Hall–Kier alpha value is -2.50. The van der Waals surface area contributed by atoms with Crippen molar-refractivity contribution in [2.45, 2.75) is 31.5 Å². The van der Waals surface area contributed by atoms with Crippen LogP contribution in [-0.4, -0.2) is 24.0 Å². The molecule has 0 aromatic heterocycles. The third-order valence-electron chi connectivity index (χ3n) is 4.70. The number of rotatable bonds is 3. The first-order valence-corrected chi connectivity index (χ1v) is 8.67. The first kappa shape index (κ1) is 18.3. The number of nitrogens with zero attached hydrogens (tertiary/aromatic N) is 1. The van der Waals surface area contributed by atoms with E-state index in [1.165, 1.54) is 17.7 Å². The molecule has 2 aromatic carbocycles. The van der Waals surface area contributed by atoms with Crippen molar-refractivity contribution in [3.8, 4) is 0 Å². The number of urea groups is 1. The molecule has 1 saturated heterocycles. The van der Waals surface area contributed by atoms with Gasteiger partial charge in [-0.2, -0.15) is 13.2 Å². The summed E-state index contributed by atoms with van der Waals surface area (Å²) in [7, 11) is 0. The number of hydrogen-bond donors (Lipinski definition) is 1. The lowest BCUT2D eigenvalue weighted by Crippen LogP contribution is -2.44. The summed E-state index contributed by atoms with van der Waals surface area (Å²) in [6, 6.07) is 14.8. The highest BCUT2D eigenvalue weighted by Gasteiger charge is 2.30. The Morgan fingerprint density at radius 3 is 2.42 bits per heavy atom. The van der Waals surface area contributed by atoms with Crippen LogP contribution in [0.2, 0.25) is 0 Å². The quantitative estimate of drug-likeness (QED) is 0.836. The Morgan fingerprint density at radius 2 is 1.77 bits per heavy atom. The van der Waals surface area contributed by atoms with E-state index < -0.39 is 11.7 Å². The molecule has 0 spiro atoms. The van der Waals surface area contributed by atoms with Crippen LogP contribution in [0.15, 0.2) is 54.6 Å². The zero-order chi connectivity index (χ0) is 18.6. The Kier molecular flexibility index (Phi) is 5.49. The average Bonchev–Trinajstić information content (AvgIpc) is 2.66. The van der Waals surface area contributed by atoms with Crippen LogP contribution >= 0.6 is 0 Å². The summed E-state index contributed by atoms with van der Waals surface area (Å²) in [5.74, 6) is 0.321. The molecule has 3 rings (SSSR count). The Labute approximate surface area is 150 Å². The lowest BCUT2D eigenvalue weighted by Gasteiger charge is -2.33. The molecule has 1 aliphatic heterocycles. The fourth-order valence-corrected chi connectivity index (χ4v) is 3.26. The van der Waals surface area contributed by atoms with Gasteiger partial charge < -0.3 is 10.2 Å². The largest absolute Gasteiger partial charge is 0.416 e. The minimum Gasteiger partial charge on any atom is -0.334 e.